The van der Waals surface area contributed by atoms with Gasteiger partial charge in [0.15, 0.2) is 6.61 Å². The number of halogens is 1. The smallest absolute Gasteiger partial charge is 0.355 e. The summed E-state index contributed by atoms with van der Waals surface area (Å²) in [5.41, 5.74) is 1.60. The van der Waals surface area contributed by atoms with Gasteiger partial charge < -0.3 is 14.6 Å². The summed E-state index contributed by atoms with van der Waals surface area (Å²) in [5.74, 6) is -1.32. The lowest BCUT2D eigenvalue weighted by molar-refractivity contribution is -0.119. The van der Waals surface area contributed by atoms with Crippen molar-refractivity contribution in [1.82, 2.24) is 9.29 Å². The van der Waals surface area contributed by atoms with E-state index in [1.165, 1.54) is 30.9 Å². The van der Waals surface area contributed by atoms with Crippen LogP contribution in [0.2, 0.25) is 0 Å². The maximum absolute atomic E-state index is 12.1. The first kappa shape index (κ1) is 20.1. The molecule has 0 aliphatic heterocycles. The molecule has 0 aliphatic carbocycles. The number of amides is 1. The molecule has 0 aliphatic rings. The minimum Gasteiger partial charge on any atom is -0.451 e. The Morgan fingerprint density at radius 3 is 2.58 bits per heavy atom. The summed E-state index contributed by atoms with van der Waals surface area (Å²) in [4.78, 5) is 24.0. The van der Waals surface area contributed by atoms with E-state index in [1.54, 1.807) is 6.07 Å². The molecule has 0 atom stereocenters. The van der Waals surface area contributed by atoms with E-state index in [4.69, 9.17) is 4.74 Å². The molecule has 2 N–H and O–H groups in total. The SMILES string of the molecule is CNS(=O)(=O)c1cc(C(=O)OCC(=O)Nc2ccc(C)cc2Br)n(C)c1. The molecule has 0 unspecified atom stereocenters. The second kappa shape index (κ2) is 8.02. The highest BCUT2D eigenvalue weighted by Crippen LogP contribution is 2.23. The summed E-state index contributed by atoms with van der Waals surface area (Å²) < 4.78 is 32.7. The Kier molecular flexibility index (Phi) is 6.21. The molecular formula is C16H18BrN3O5S. The van der Waals surface area contributed by atoms with Gasteiger partial charge in [0.1, 0.15) is 10.6 Å². The molecular weight excluding hydrogens is 426 g/mol. The van der Waals surface area contributed by atoms with Gasteiger partial charge in [0.05, 0.1) is 5.69 Å². The number of nitrogens with zero attached hydrogens (tertiary/aromatic N) is 1. The van der Waals surface area contributed by atoms with Crippen molar-refractivity contribution in [2.75, 3.05) is 19.0 Å². The predicted octanol–water partition coefficient (Wildman–Crippen LogP) is 1.80. The molecule has 0 saturated heterocycles. The highest BCUT2D eigenvalue weighted by Gasteiger charge is 2.20. The summed E-state index contributed by atoms with van der Waals surface area (Å²) in [6.45, 7) is 1.42. The Labute approximate surface area is 159 Å². The van der Waals surface area contributed by atoms with Crippen molar-refractivity contribution >= 4 is 43.5 Å². The van der Waals surface area contributed by atoms with Crippen LogP contribution in [-0.4, -0.2) is 38.5 Å². The number of esters is 1. The topological polar surface area (TPSA) is 106 Å². The zero-order chi connectivity index (χ0) is 19.5. The summed E-state index contributed by atoms with van der Waals surface area (Å²) in [7, 11) is -0.896. The zero-order valence-corrected chi connectivity index (χ0v) is 16.8. The molecule has 8 nitrogen and oxygen atoms in total. The molecule has 2 aromatic rings. The number of aryl methyl sites for hydroxylation is 2. The molecule has 1 amide bonds. The average molecular weight is 444 g/mol. The number of ether oxygens (including phenoxy) is 1. The van der Waals surface area contributed by atoms with E-state index in [0.717, 1.165) is 5.56 Å². The van der Waals surface area contributed by atoms with Crippen molar-refractivity contribution in [1.29, 1.82) is 0 Å². The van der Waals surface area contributed by atoms with Crippen molar-refractivity contribution in [2.24, 2.45) is 7.05 Å². The number of hydrogen-bond donors (Lipinski definition) is 2. The van der Waals surface area contributed by atoms with Gasteiger partial charge in [-0.05, 0) is 53.7 Å². The Balaban J connectivity index is 2.01. The summed E-state index contributed by atoms with van der Waals surface area (Å²) in [6.07, 6.45) is 1.28. The maximum atomic E-state index is 12.1. The molecule has 2 rings (SSSR count). The van der Waals surface area contributed by atoms with Gasteiger partial charge in [0, 0.05) is 17.7 Å². The molecule has 0 bridgehead atoms. The van der Waals surface area contributed by atoms with Gasteiger partial charge in [-0.2, -0.15) is 0 Å². The maximum Gasteiger partial charge on any atom is 0.355 e. The monoisotopic (exact) mass is 443 g/mol. The lowest BCUT2D eigenvalue weighted by atomic mass is 10.2. The van der Waals surface area contributed by atoms with Gasteiger partial charge >= 0.3 is 5.97 Å². The average Bonchev–Trinajstić information content (AvgIpc) is 2.98. The Morgan fingerprint density at radius 2 is 1.96 bits per heavy atom. The molecule has 26 heavy (non-hydrogen) atoms. The highest BCUT2D eigenvalue weighted by atomic mass is 79.9. The quantitative estimate of drug-likeness (QED) is 0.661. The van der Waals surface area contributed by atoms with Crippen LogP contribution >= 0.6 is 15.9 Å². The number of carbonyl (C=O) groups excluding carboxylic acids is 2. The van der Waals surface area contributed by atoms with Gasteiger partial charge in [-0.1, -0.05) is 6.07 Å². The van der Waals surface area contributed by atoms with Gasteiger partial charge in [-0.15, -0.1) is 0 Å². The molecule has 1 aromatic carbocycles. The van der Waals surface area contributed by atoms with Crippen molar-refractivity contribution in [3.05, 3.63) is 46.2 Å². The van der Waals surface area contributed by atoms with Crippen LogP contribution in [0.1, 0.15) is 16.1 Å². The molecule has 140 valence electrons. The number of anilines is 1. The number of hydrogen-bond acceptors (Lipinski definition) is 5. The number of carbonyl (C=O) groups is 2. The van der Waals surface area contributed by atoms with Crippen molar-refractivity contribution in [2.45, 2.75) is 11.8 Å². The normalized spacial score (nSPS) is 11.2. The number of benzene rings is 1. The van der Waals surface area contributed by atoms with Crippen LogP contribution in [0.25, 0.3) is 0 Å². The first-order valence-electron chi connectivity index (χ1n) is 7.47. The molecule has 1 aromatic heterocycles. The fourth-order valence-corrected chi connectivity index (χ4v) is 3.51. The van der Waals surface area contributed by atoms with Crippen LogP contribution in [0.5, 0.6) is 0 Å². The largest absolute Gasteiger partial charge is 0.451 e. The molecule has 10 heteroatoms. The standard InChI is InChI=1S/C16H18BrN3O5S/c1-10-4-5-13(12(17)6-10)19-15(21)9-25-16(22)14-7-11(8-20(14)3)26(23,24)18-2/h4-8,18H,9H2,1-3H3,(H,19,21). The number of aromatic nitrogens is 1. The van der Waals surface area contributed by atoms with Crippen LogP contribution in [0, 0.1) is 6.92 Å². The second-order valence-electron chi connectivity index (χ2n) is 5.49. The number of rotatable bonds is 6. The Morgan fingerprint density at radius 1 is 1.27 bits per heavy atom. The van der Waals surface area contributed by atoms with Gasteiger partial charge in [-0.25, -0.2) is 17.9 Å². The summed E-state index contributed by atoms with van der Waals surface area (Å²) in [6, 6.07) is 6.59. The fraction of sp³-hybridized carbons (Fsp3) is 0.250. The predicted molar refractivity (Wildman–Crippen MR) is 99.4 cm³/mol. The first-order chi connectivity index (χ1) is 12.1. The molecule has 1 heterocycles. The molecule has 0 saturated carbocycles. The van der Waals surface area contributed by atoms with Gasteiger partial charge in [-0.3, -0.25) is 4.79 Å². The lowest BCUT2D eigenvalue weighted by Crippen LogP contribution is -2.22. The minimum atomic E-state index is -3.68. The summed E-state index contributed by atoms with van der Waals surface area (Å²) >= 11 is 3.34. The van der Waals surface area contributed by atoms with Crippen LogP contribution in [0.3, 0.4) is 0 Å². The second-order valence-corrected chi connectivity index (χ2v) is 8.23. The Bertz CT molecular complexity index is 953. The van der Waals surface area contributed by atoms with E-state index in [9.17, 15) is 18.0 Å². The molecule has 0 fully saturated rings. The van der Waals surface area contributed by atoms with Crippen molar-refractivity contribution in [3.63, 3.8) is 0 Å². The van der Waals surface area contributed by atoms with E-state index in [0.29, 0.717) is 10.2 Å². The van der Waals surface area contributed by atoms with E-state index >= 15 is 0 Å². The fourth-order valence-electron chi connectivity index (χ4n) is 2.11. The number of sulfonamides is 1. The van der Waals surface area contributed by atoms with Crippen LogP contribution in [0.15, 0.2) is 39.8 Å². The molecule has 0 spiro atoms. The van der Waals surface area contributed by atoms with Crippen molar-refractivity contribution < 1.29 is 22.7 Å². The highest BCUT2D eigenvalue weighted by molar-refractivity contribution is 9.10. The third-order valence-corrected chi connectivity index (χ3v) is 5.54. The molecule has 0 radical (unpaired) electrons. The van der Waals surface area contributed by atoms with Crippen LogP contribution in [0.4, 0.5) is 5.69 Å². The first-order valence-corrected chi connectivity index (χ1v) is 9.74. The zero-order valence-electron chi connectivity index (χ0n) is 14.4. The lowest BCUT2D eigenvalue weighted by Gasteiger charge is -2.09. The van der Waals surface area contributed by atoms with Gasteiger partial charge in [0.2, 0.25) is 10.0 Å². The van der Waals surface area contributed by atoms with Crippen LogP contribution < -0.4 is 10.0 Å². The van der Waals surface area contributed by atoms with E-state index in [1.807, 2.05) is 19.1 Å². The minimum absolute atomic E-state index is 0.0168. The van der Waals surface area contributed by atoms with Crippen molar-refractivity contribution in [3.8, 4) is 0 Å². The van der Waals surface area contributed by atoms with Crippen LogP contribution in [-0.2, 0) is 26.6 Å². The third-order valence-electron chi connectivity index (χ3n) is 3.50. The Hall–Kier alpha value is -2.17. The number of nitrogens with one attached hydrogen (secondary N) is 2. The van der Waals surface area contributed by atoms with Gasteiger partial charge in [0.25, 0.3) is 5.91 Å². The summed E-state index contributed by atoms with van der Waals surface area (Å²) in [5, 5.41) is 2.62. The van der Waals surface area contributed by atoms with E-state index in [2.05, 4.69) is 26.0 Å². The van der Waals surface area contributed by atoms with E-state index < -0.39 is 28.5 Å². The third kappa shape index (κ3) is 4.71. The van der Waals surface area contributed by atoms with E-state index in [-0.39, 0.29) is 10.6 Å².